The zero-order chi connectivity index (χ0) is 19.0. The third-order valence-corrected chi connectivity index (χ3v) is 4.70. The van der Waals surface area contributed by atoms with Gasteiger partial charge in [-0.15, -0.1) is 6.58 Å². The Morgan fingerprint density at radius 3 is 2.52 bits per heavy atom. The lowest BCUT2D eigenvalue weighted by Crippen LogP contribution is -2.08. The minimum Gasteiger partial charge on any atom is -0.507 e. The van der Waals surface area contributed by atoms with Crippen molar-refractivity contribution in [2.24, 2.45) is 0 Å². The van der Waals surface area contributed by atoms with Gasteiger partial charge in [0.25, 0.3) is 0 Å². The van der Waals surface area contributed by atoms with Crippen LogP contribution in [0.25, 0.3) is 32.6 Å². The molecule has 0 amide bonds. The highest BCUT2D eigenvalue weighted by Gasteiger charge is 2.17. The van der Waals surface area contributed by atoms with Gasteiger partial charge in [0.05, 0.1) is 16.4 Å². The van der Waals surface area contributed by atoms with Crippen molar-refractivity contribution >= 4 is 32.6 Å². The number of hydrogen-bond acceptors (Lipinski definition) is 3. The molecule has 0 radical (unpaired) electrons. The van der Waals surface area contributed by atoms with Gasteiger partial charge in [0.1, 0.15) is 18.1 Å². The van der Waals surface area contributed by atoms with E-state index in [9.17, 15) is 9.90 Å². The molecule has 27 heavy (non-hydrogen) atoms. The number of rotatable bonds is 5. The molecular formula is C23H19NO3. The van der Waals surface area contributed by atoms with Crippen LogP contribution >= 0.6 is 0 Å². The first-order valence-corrected chi connectivity index (χ1v) is 8.72. The predicted molar refractivity (Wildman–Crippen MR) is 111 cm³/mol. The van der Waals surface area contributed by atoms with Crippen molar-refractivity contribution in [3.63, 3.8) is 0 Å². The van der Waals surface area contributed by atoms with E-state index in [-0.39, 0.29) is 16.6 Å². The zero-order valence-electron chi connectivity index (χ0n) is 14.8. The van der Waals surface area contributed by atoms with Gasteiger partial charge >= 0.3 is 0 Å². The number of aromatic hydroxyl groups is 1. The van der Waals surface area contributed by atoms with Crippen molar-refractivity contribution in [1.29, 1.82) is 0 Å². The van der Waals surface area contributed by atoms with Gasteiger partial charge < -0.3 is 14.8 Å². The summed E-state index contributed by atoms with van der Waals surface area (Å²) >= 11 is 0. The summed E-state index contributed by atoms with van der Waals surface area (Å²) < 4.78 is 5.70. The zero-order valence-corrected chi connectivity index (χ0v) is 14.8. The van der Waals surface area contributed by atoms with Crippen LogP contribution in [0.5, 0.6) is 11.5 Å². The number of fused-ring (bicyclic) bond motifs is 3. The maximum Gasteiger partial charge on any atom is 0.200 e. The van der Waals surface area contributed by atoms with Gasteiger partial charge in [0.2, 0.25) is 5.43 Å². The molecule has 1 heterocycles. The fourth-order valence-electron chi connectivity index (χ4n) is 3.48. The molecule has 4 heteroatoms. The molecule has 3 aromatic carbocycles. The second kappa shape index (κ2) is 6.65. The highest BCUT2D eigenvalue weighted by molar-refractivity contribution is 6.03. The fourth-order valence-corrected chi connectivity index (χ4v) is 3.48. The Bertz CT molecular complexity index is 1270. The average Bonchev–Trinajstić information content (AvgIpc) is 2.67. The lowest BCUT2D eigenvalue weighted by atomic mass is 10.0. The average molecular weight is 357 g/mol. The van der Waals surface area contributed by atoms with E-state index in [0.717, 1.165) is 21.9 Å². The van der Waals surface area contributed by atoms with E-state index in [2.05, 4.69) is 18.1 Å². The molecule has 0 bridgehead atoms. The van der Waals surface area contributed by atoms with Gasteiger partial charge in [0, 0.05) is 17.0 Å². The first-order chi connectivity index (χ1) is 13.1. The topological polar surface area (TPSA) is 62.3 Å². The standard InChI is InChI=1S/C23H19NO3/c1-3-7-16-20(27-10-4-2)13-19(25)21-22(16)24-18-12-15-9-6-5-8-14(15)11-17(18)23(21)26/h3-6,8-9,11-13,25H,1-2,7,10H2,(H,24,26). The number of H-pyrrole nitrogens is 1. The molecule has 134 valence electrons. The molecule has 0 atom stereocenters. The van der Waals surface area contributed by atoms with Crippen LogP contribution in [-0.2, 0) is 6.42 Å². The third kappa shape index (κ3) is 2.75. The van der Waals surface area contributed by atoms with Crippen molar-refractivity contribution in [2.75, 3.05) is 6.61 Å². The maximum atomic E-state index is 13.2. The SMILES string of the molecule is C=CCOc1cc(O)c2c(=O)c3cc4ccccc4cc3[nH]c2c1CC=C. The largest absolute Gasteiger partial charge is 0.507 e. The molecule has 4 nitrogen and oxygen atoms in total. The molecular weight excluding hydrogens is 338 g/mol. The molecule has 0 saturated carbocycles. The number of ether oxygens (including phenoxy) is 1. The number of hydrogen-bond donors (Lipinski definition) is 2. The van der Waals surface area contributed by atoms with Crippen LogP contribution < -0.4 is 10.2 Å². The van der Waals surface area contributed by atoms with E-state index in [1.807, 2.05) is 36.4 Å². The Hall–Kier alpha value is -3.53. The lowest BCUT2D eigenvalue weighted by Gasteiger charge is -2.14. The smallest absolute Gasteiger partial charge is 0.200 e. The minimum atomic E-state index is -0.206. The Labute approximate surface area is 156 Å². The van der Waals surface area contributed by atoms with Crippen molar-refractivity contribution in [2.45, 2.75) is 6.42 Å². The Morgan fingerprint density at radius 1 is 1.07 bits per heavy atom. The number of benzene rings is 3. The van der Waals surface area contributed by atoms with Crippen LogP contribution in [0.15, 0.2) is 72.6 Å². The van der Waals surface area contributed by atoms with E-state index < -0.39 is 0 Å². The van der Waals surface area contributed by atoms with E-state index >= 15 is 0 Å². The molecule has 4 rings (SSSR count). The fraction of sp³-hybridized carbons (Fsp3) is 0.0870. The normalized spacial score (nSPS) is 11.1. The molecule has 0 aliphatic heterocycles. The van der Waals surface area contributed by atoms with Gasteiger partial charge in [-0.2, -0.15) is 0 Å². The van der Waals surface area contributed by atoms with Crippen LogP contribution in [0, 0.1) is 0 Å². The number of aromatic amines is 1. The van der Waals surface area contributed by atoms with Gasteiger partial charge in [-0.05, 0) is 29.3 Å². The molecule has 0 spiro atoms. The van der Waals surface area contributed by atoms with E-state index in [1.54, 1.807) is 12.2 Å². The van der Waals surface area contributed by atoms with Crippen molar-refractivity contribution in [1.82, 2.24) is 4.98 Å². The Kier molecular flexibility index (Phi) is 4.16. The molecule has 2 N–H and O–H groups in total. The summed E-state index contributed by atoms with van der Waals surface area (Å²) in [7, 11) is 0. The molecule has 1 aromatic heterocycles. The second-order valence-corrected chi connectivity index (χ2v) is 6.41. The first kappa shape index (κ1) is 16.9. The summed E-state index contributed by atoms with van der Waals surface area (Å²) in [5, 5.41) is 13.4. The van der Waals surface area contributed by atoms with Crippen LogP contribution in [0.4, 0.5) is 0 Å². The van der Waals surface area contributed by atoms with Crippen molar-refractivity contribution in [3.8, 4) is 11.5 Å². The van der Waals surface area contributed by atoms with Gasteiger partial charge in [-0.1, -0.05) is 43.0 Å². The Balaban J connectivity index is 2.14. The van der Waals surface area contributed by atoms with Crippen molar-refractivity contribution < 1.29 is 9.84 Å². The van der Waals surface area contributed by atoms with Crippen LogP contribution in [0.1, 0.15) is 5.56 Å². The third-order valence-electron chi connectivity index (χ3n) is 4.70. The molecule has 0 saturated heterocycles. The van der Waals surface area contributed by atoms with Gasteiger partial charge in [-0.25, -0.2) is 0 Å². The highest BCUT2D eigenvalue weighted by Crippen LogP contribution is 2.35. The van der Waals surface area contributed by atoms with E-state index in [1.165, 1.54) is 6.07 Å². The first-order valence-electron chi connectivity index (χ1n) is 8.72. The van der Waals surface area contributed by atoms with Crippen LogP contribution in [-0.4, -0.2) is 16.7 Å². The van der Waals surface area contributed by atoms with E-state index in [0.29, 0.717) is 29.7 Å². The number of aromatic nitrogens is 1. The summed E-state index contributed by atoms with van der Waals surface area (Å²) in [6.07, 6.45) is 3.88. The number of nitrogens with one attached hydrogen (secondary N) is 1. The highest BCUT2D eigenvalue weighted by atomic mass is 16.5. The molecule has 0 aliphatic rings. The van der Waals surface area contributed by atoms with Gasteiger partial charge in [-0.3, -0.25) is 4.79 Å². The summed E-state index contributed by atoms with van der Waals surface area (Å²) in [6.45, 7) is 7.76. The van der Waals surface area contributed by atoms with Crippen LogP contribution in [0.2, 0.25) is 0 Å². The molecule has 0 aliphatic carbocycles. The summed E-state index contributed by atoms with van der Waals surface area (Å²) in [6, 6.07) is 13.2. The predicted octanol–water partition coefficient (Wildman–Crippen LogP) is 4.83. The van der Waals surface area contributed by atoms with Crippen LogP contribution in [0.3, 0.4) is 0 Å². The van der Waals surface area contributed by atoms with Crippen molar-refractivity contribution in [3.05, 3.63) is 83.6 Å². The summed E-state index contributed by atoms with van der Waals surface area (Å²) in [4.78, 5) is 16.5. The maximum absolute atomic E-state index is 13.2. The number of phenols is 1. The lowest BCUT2D eigenvalue weighted by molar-refractivity contribution is 0.357. The number of allylic oxidation sites excluding steroid dienone is 1. The minimum absolute atomic E-state index is 0.104. The summed E-state index contributed by atoms with van der Waals surface area (Å²) in [5.41, 5.74) is 1.87. The molecule has 0 fully saturated rings. The summed E-state index contributed by atoms with van der Waals surface area (Å²) in [5.74, 6) is 0.406. The number of pyridine rings is 1. The van der Waals surface area contributed by atoms with Gasteiger partial charge in [0.15, 0.2) is 0 Å². The Morgan fingerprint density at radius 2 is 1.81 bits per heavy atom. The number of phenolic OH excluding ortho intramolecular Hbond substituents is 1. The molecule has 4 aromatic rings. The monoisotopic (exact) mass is 357 g/mol. The second-order valence-electron chi connectivity index (χ2n) is 6.41. The quantitative estimate of drug-likeness (QED) is 0.397. The molecule has 0 unspecified atom stereocenters. The van der Waals surface area contributed by atoms with E-state index in [4.69, 9.17) is 4.74 Å².